The quantitative estimate of drug-likeness (QED) is 0.921. The summed E-state index contributed by atoms with van der Waals surface area (Å²) in [5.74, 6) is 1.79. The van der Waals surface area contributed by atoms with Gasteiger partial charge in [-0.2, -0.15) is 5.26 Å². The van der Waals surface area contributed by atoms with Gasteiger partial charge in [-0.1, -0.05) is 24.3 Å². The summed E-state index contributed by atoms with van der Waals surface area (Å²) in [7, 11) is 1.63. The first-order valence-electron chi connectivity index (χ1n) is 6.89. The Bertz CT molecular complexity index is 693. The average molecular weight is 296 g/mol. The smallest absolute Gasteiger partial charge is 0.143 e. The summed E-state index contributed by atoms with van der Waals surface area (Å²) in [5.41, 5.74) is 2.70. The molecular weight excluding hydrogens is 280 g/mol. The SMILES string of the molecule is COc1cccc(C#N)c1NC1CCSc2ccccc21. The average Bonchev–Trinajstić information content (AvgIpc) is 2.55. The molecule has 2 aromatic rings. The summed E-state index contributed by atoms with van der Waals surface area (Å²) in [6, 6.07) is 16.4. The molecule has 1 aliphatic rings. The highest BCUT2D eigenvalue weighted by atomic mass is 32.2. The Hall–Kier alpha value is -2.12. The fraction of sp³-hybridized carbons (Fsp3) is 0.235. The number of para-hydroxylation sites is 1. The molecule has 0 radical (unpaired) electrons. The van der Waals surface area contributed by atoms with Gasteiger partial charge in [-0.15, -0.1) is 11.8 Å². The van der Waals surface area contributed by atoms with Crippen LogP contribution in [0, 0.1) is 11.3 Å². The zero-order valence-corrected chi connectivity index (χ0v) is 12.6. The first-order valence-corrected chi connectivity index (χ1v) is 7.87. The Balaban J connectivity index is 1.97. The van der Waals surface area contributed by atoms with Crippen molar-refractivity contribution < 1.29 is 4.74 Å². The van der Waals surface area contributed by atoms with Crippen molar-refractivity contribution in [2.24, 2.45) is 0 Å². The second-order valence-electron chi connectivity index (χ2n) is 4.87. The van der Waals surface area contributed by atoms with Crippen LogP contribution in [0.1, 0.15) is 23.6 Å². The Morgan fingerprint density at radius 3 is 2.90 bits per heavy atom. The largest absolute Gasteiger partial charge is 0.495 e. The van der Waals surface area contributed by atoms with E-state index in [1.54, 1.807) is 7.11 Å². The first-order chi connectivity index (χ1) is 10.3. The van der Waals surface area contributed by atoms with Gasteiger partial charge in [0.2, 0.25) is 0 Å². The van der Waals surface area contributed by atoms with Crippen LogP contribution in [0.3, 0.4) is 0 Å². The normalized spacial score (nSPS) is 16.7. The summed E-state index contributed by atoms with van der Waals surface area (Å²) >= 11 is 1.89. The lowest BCUT2D eigenvalue weighted by Crippen LogP contribution is -2.17. The van der Waals surface area contributed by atoms with E-state index < -0.39 is 0 Å². The number of hydrogen-bond acceptors (Lipinski definition) is 4. The number of nitrogens with one attached hydrogen (secondary N) is 1. The number of nitriles is 1. The molecule has 1 aliphatic heterocycles. The van der Waals surface area contributed by atoms with Gasteiger partial charge in [0.15, 0.2) is 0 Å². The van der Waals surface area contributed by atoms with Crippen LogP contribution in [0.4, 0.5) is 5.69 Å². The number of ether oxygens (including phenoxy) is 1. The van der Waals surface area contributed by atoms with Crippen LogP contribution < -0.4 is 10.1 Å². The molecule has 0 saturated heterocycles. The van der Waals surface area contributed by atoms with Crippen molar-refractivity contribution in [1.29, 1.82) is 5.26 Å². The summed E-state index contributed by atoms with van der Waals surface area (Å²) in [5, 5.41) is 12.8. The maximum Gasteiger partial charge on any atom is 0.143 e. The van der Waals surface area contributed by atoms with E-state index in [-0.39, 0.29) is 6.04 Å². The number of anilines is 1. The summed E-state index contributed by atoms with van der Waals surface area (Å²) in [4.78, 5) is 1.31. The molecule has 0 bridgehead atoms. The molecule has 0 spiro atoms. The van der Waals surface area contributed by atoms with E-state index in [0.29, 0.717) is 11.3 Å². The monoisotopic (exact) mass is 296 g/mol. The number of benzene rings is 2. The lowest BCUT2D eigenvalue weighted by atomic mass is 10.0. The third kappa shape index (κ3) is 2.70. The van der Waals surface area contributed by atoms with Crippen LogP contribution >= 0.6 is 11.8 Å². The van der Waals surface area contributed by atoms with Crippen LogP contribution in [-0.2, 0) is 0 Å². The third-order valence-corrected chi connectivity index (χ3v) is 4.77. The van der Waals surface area contributed by atoms with Gasteiger partial charge in [0.05, 0.1) is 24.4 Å². The molecule has 1 unspecified atom stereocenters. The molecule has 1 atom stereocenters. The highest BCUT2D eigenvalue weighted by Crippen LogP contribution is 2.40. The Labute approximate surface area is 128 Å². The van der Waals surface area contributed by atoms with Crippen molar-refractivity contribution in [3.8, 4) is 11.8 Å². The molecular formula is C17H16N2OS. The van der Waals surface area contributed by atoms with E-state index in [9.17, 15) is 5.26 Å². The summed E-state index contributed by atoms with van der Waals surface area (Å²) < 4.78 is 5.40. The van der Waals surface area contributed by atoms with Gasteiger partial charge >= 0.3 is 0 Å². The van der Waals surface area contributed by atoms with E-state index in [0.717, 1.165) is 17.9 Å². The van der Waals surface area contributed by atoms with Crippen molar-refractivity contribution in [3.05, 3.63) is 53.6 Å². The number of rotatable bonds is 3. The fourth-order valence-corrected chi connectivity index (χ4v) is 3.73. The fourth-order valence-electron chi connectivity index (χ4n) is 2.61. The van der Waals surface area contributed by atoms with Crippen LogP contribution in [0.2, 0.25) is 0 Å². The van der Waals surface area contributed by atoms with Crippen LogP contribution in [0.5, 0.6) is 5.75 Å². The highest BCUT2D eigenvalue weighted by Gasteiger charge is 2.22. The molecule has 0 amide bonds. The van der Waals surface area contributed by atoms with Gasteiger partial charge in [0, 0.05) is 10.6 Å². The topological polar surface area (TPSA) is 45.0 Å². The maximum atomic E-state index is 9.31. The third-order valence-electron chi connectivity index (χ3n) is 3.64. The second kappa shape index (κ2) is 6.11. The molecule has 0 fully saturated rings. The minimum absolute atomic E-state index is 0.214. The van der Waals surface area contributed by atoms with Crippen LogP contribution in [0.15, 0.2) is 47.4 Å². The van der Waals surface area contributed by atoms with E-state index in [1.807, 2.05) is 30.0 Å². The molecule has 1 N–H and O–H groups in total. The van der Waals surface area contributed by atoms with E-state index >= 15 is 0 Å². The highest BCUT2D eigenvalue weighted by molar-refractivity contribution is 7.99. The zero-order valence-electron chi connectivity index (χ0n) is 11.8. The number of nitrogens with zero attached hydrogens (tertiary/aromatic N) is 1. The van der Waals surface area contributed by atoms with Gasteiger partial charge in [-0.05, 0) is 30.2 Å². The van der Waals surface area contributed by atoms with Crippen LogP contribution in [-0.4, -0.2) is 12.9 Å². The number of methoxy groups -OCH3 is 1. The molecule has 3 rings (SSSR count). The molecule has 106 valence electrons. The van der Waals surface area contributed by atoms with Crippen molar-refractivity contribution in [2.45, 2.75) is 17.4 Å². The molecule has 0 aliphatic carbocycles. The minimum Gasteiger partial charge on any atom is -0.495 e. The van der Waals surface area contributed by atoms with Crippen molar-refractivity contribution in [3.63, 3.8) is 0 Å². The molecule has 0 saturated carbocycles. The number of thioether (sulfide) groups is 1. The van der Waals surface area contributed by atoms with E-state index in [4.69, 9.17) is 4.74 Å². The summed E-state index contributed by atoms with van der Waals surface area (Å²) in [6.07, 6.45) is 1.03. The first kappa shape index (κ1) is 13.8. The lowest BCUT2D eigenvalue weighted by Gasteiger charge is -2.27. The van der Waals surface area contributed by atoms with Gasteiger partial charge in [0.1, 0.15) is 11.8 Å². The predicted octanol–water partition coefficient (Wildman–Crippen LogP) is 4.22. The van der Waals surface area contributed by atoms with Crippen molar-refractivity contribution >= 4 is 17.4 Å². The minimum atomic E-state index is 0.214. The maximum absolute atomic E-state index is 9.31. The summed E-state index contributed by atoms with van der Waals surface area (Å²) in [6.45, 7) is 0. The number of hydrogen-bond donors (Lipinski definition) is 1. The van der Waals surface area contributed by atoms with Crippen molar-refractivity contribution in [2.75, 3.05) is 18.2 Å². The predicted molar refractivity (Wildman–Crippen MR) is 85.9 cm³/mol. The van der Waals surface area contributed by atoms with E-state index in [1.165, 1.54) is 10.5 Å². The van der Waals surface area contributed by atoms with Crippen molar-refractivity contribution in [1.82, 2.24) is 0 Å². The standard InChI is InChI=1S/C17H16N2OS/c1-20-15-7-4-5-12(11-18)17(15)19-14-9-10-21-16-8-3-2-6-13(14)16/h2-8,14,19H,9-10H2,1H3. The van der Waals surface area contributed by atoms with Gasteiger partial charge in [-0.3, -0.25) is 0 Å². The van der Waals surface area contributed by atoms with Crippen LogP contribution in [0.25, 0.3) is 0 Å². The van der Waals surface area contributed by atoms with E-state index in [2.05, 4.69) is 35.7 Å². The van der Waals surface area contributed by atoms with Gasteiger partial charge in [-0.25, -0.2) is 0 Å². The molecule has 4 heteroatoms. The molecule has 3 nitrogen and oxygen atoms in total. The Morgan fingerprint density at radius 1 is 1.24 bits per heavy atom. The van der Waals surface area contributed by atoms with Gasteiger partial charge < -0.3 is 10.1 Å². The number of fused-ring (bicyclic) bond motifs is 1. The zero-order chi connectivity index (χ0) is 14.7. The molecule has 1 heterocycles. The molecule has 0 aromatic heterocycles. The lowest BCUT2D eigenvalue weighted by molar-refractivity contribution is 0.415. The Kier molecular flexibility index (Phi) is 4.03. The molecule has 2 aromatic carbocycles. The second-order valence-corrected chi connectivity index (χ2v) is 6.00. The molecule has 21 heavy (non-hydrogen) atoms. The Morgan fingerprint density at radius 2 is 2.10 bits per heavy atom. The van der Waals surface area contributed by atoms with Gasteiger partial charge in [0.25, 0.3) is 0 Å².